The predicted molar refractivity (Wildman–Crippen MR) is 48.3 cm³/mol. The first kappa shape index (κ1) is 9.58. The molecule has 0 amide bonds. The van der Waals surface area contributed by atoms with Gasteiger partial charge < -0.3 is 0 Å². The molecule has 0 aliphatic rings. The van der Waals surface area contributed by atoms with Gasteiger partial charge in [-0.1, -0.05) is 6.07 Å². The van der Waals surface area contributed by atoms with Crippen LogP contribution in [-0.2, 0) is 9.59 Å². The number of hydrogen-bond acceptors (Lipinski definition) is 3. The minimum absolute atomic E-state index is 0.161. The van der Waals surface area contributed by atoms with Crippen molar-refractivity contribution in [1.29, 1.82) is 0 Å². The Morgan fingerprint density at radius 2 is 1.85 bits per heavy atom. The summed E-state index contributed by atoms with van der Waals surface area (Å²) in [4.78, 5) is 26.2. The SMILES string of the molecule is CC(=O)C(C(C)=O)c1ccccn1. The smallest absolute Gasteiger partial charge is 0.146 e. The van der Waals surface area contributed by atoms with E-state index in [1.54, 1.807) is 24.4 Å². The van der Waals surface area contributed by atoms with Gasteiger partial charge in [0.2, 0.25) is 0 Å². The molecule has 0 atom stereocenters. The molecule has 0 radical (unpaired) electrons. The summed E-state index contributed by atoms with van der Waals surface area (Å²) in [6.07, 6.45) is 1.58. The van der Waals surface area contributed by atoms with Crippen molar-refractivity contribution in [1.82, 2.24) is 4.98 Å². The molecule has 0 saturated carbocycles. The minimum atomic E-state index is -0.693. The number of pyridine rings is 1. The lowest BCUT2D eigenvalue weighted by Gasteiger charge is -2.08. The Bertz CT molecular complexity index is 305. The quantitative estimate of drug-likeness (QED) is 0.654. The van der Waals surface area contributed by atoms with E-state index >= 15 is 0 Å². The van der Waals surface area contributed by atoms with Crippen molar-refractivity contribution in [3.63, 3.8) is 0 Å². The fourth-order valence-corrected chi connectivity index (χ4v) is 1.25. The molecule has 0 fully saturated rings. The molecule has 1 heterocycles. The van der Waals surface area contributed by atoms with Crippen LogP contribution in [0.3, 0.4) is 0 Å². The van der Waals surface area contributed by atoms with E-state index in [1.165, 1.54) is 13.8 Å². The molecule has 0 saturated heterocycles. The lowest BCUT2D eigenvalue weighted by atomic mass is 9.96. The molecule has 0 N–H and O–H groups in total. The number of hydrogen-bond donors (Lipinski definition) is 0. The number of carbonyl (C=O) groups excluding carboxylic acids is 2. The van der Waals surface area contributed by atoms with Gasteiger partial charge >= 0.3 is 0 Å². The molecular formula is C10H11NO2. The van der Waals surface area contributed by atoms with Crippen LogP contribution in [0.15, 0.2) is 24.4 Å². The lowest BCUT2D eigenvalue weighted by Crippen LogP contribution is -2.18. The summed E-state index contributed by atoms with van der Waals surface area (Å²) in [5.41, 5.74) is 0.530. The molecule has 0 aromatic carbocycles. The van der Waals surface area contributed by atoms with Crippen LogP contribution in [0, 0.1) is 0 Å². The average molecular weight is 177 g/mol. The van der Waals surface area contributed by atoms with Crippen LogP contribution in [0.2, 0.25) is 0 Å². The number of nitrogens with zero attached hydrogens (tertiary/aromatic N) is 1. The summed E-state index contributed by atoms with van der Waals surface area (Å²) in [5.74, 6) is -1.02. The van der Waals surface area contributed by atoms with E-state index in [0.29, 0.717) is 5.69 Å². The van der Waals surface area contributed by atoms with E-state index in [-0.39, 0.29) is 11.6 Å². The third kappa shape index (κ3) is 2.21. The molecular weight excluding hydrogens is 166 g/mol. The van der Waals surface area contributed by atoms with Crippen LogP contribution in [0.25, 0.3) is 0 Å². The molecule has 1 aromatic heterocycles. The van der Waals surface area contributed by atoms with Gasteiger partial charge in [-0.3, -0.25) is 14.6 Å². The first-order chi connectivity index (χ1) is 6.13. The van der Waals surface area contributed by atoms with E-state index in [0.717, 1.165) is 0 Å². The molecule has 0 unspecified atom stereocenters. The molecule has 0 aliphatic heterocycles. The summed E-state index contributed by atoms with van der Waals surface area (Å²) in [6.45, 7) is 2.81. The van der Waals surface area contributed by atoms with Gasteiger partial charge in [0, 0.05) is 6.20 Å². The average Bonchev–Trinajstić information content (AvgIpc) is 2.04. The van der Waals surface area contributed by atoms with E-state index in [9.17, 15) is 9.59 Å². The second-order valence-electron chi connectivity index (χ2n) is 2.91. The molecule has 68 valence electrons. The summed E-state index contributed by atoms with van der Waals surface area (Å²) < 4.78 is 0. The monoisotopic (exact) mass is 177 g/mol. The van der Waals surface area contributed by atoms with Crippen molar-refractivity contribution >= 4 is 11.6 Å². The standard InChI is InChI=1S/C10H11NO2/c1-7(12)10(8(2)13)9-5-3-4-6-11-9/h3-6,10H,1-2H3. The Hall–Kier alpha value is -1.51. The van der Waals surface area contributed by atoms with Crippen LogP contribution < -0.4 is 0 Å². The van der Waals surface area contributed by atoms with Crippen LogP contribution >= 0.6 is 0 Å². The van der Waals surface area contributed by atoms with Gasteiger partial charge in [0.15, 0.2) is 0 Å². The highest BCUT2D eigenvalue weighted by atomic mass is 16.1. The maximum absolute atomic E-state index is 11.1. The minimum Gasteiger partial charge on any atom is -0.299 e. The van der Waals surface area contributed by atoms with Gasteiger partial charge in [0.1, 0.15) is 17.5 Å². The number of ketones is 2. The summed E-state index contributed by atoms with van der Waals surface area (Å²) in [5, 5.41) is 0. The number of aromatic nitrogens is 1. The Kier molecular flexibility index (Phi) is 2.90. The van der Waals surface area contributed by atoms with Crippen molar-refractivity contribution in [2.24, 2.45) is 0 Å². The molecule has 3 heteroatoms. The normalized spacial score (nSPS) is 10.1. The van der Waals surface area contributed by atoms with E-state index < -0.39 is 5.92 Å². The van der Waals surface area contributed by atoms with Crippen LogP contribution in [0.1, 0.15) is 25.5 Å². The first-order valence-corrected chi connectivity index (χ1v) is 4.04. The molecule has 0 spiro atoms. The summed E-state index contributed by atoms with van der Waals surface area (Å²) in [7, 11) is 0. The van der Waals surface area contributed by atoms with Gasteiger partial charge in [0.05, 0.1) is 5.69 Å². The van der Waals surface area contributed by atoms with Crippen LogP contribution in [-0.4, -0.2) is 16.6 Å². The second kappa shape index (κ2) is 3.94. The highest BCUT2D eigenvalue weighted by molar-refractivity contribution is 6.05. The summed E-state index contributed by atoms with van der Waals surface area (Å²) >= 11 is 0. The maximum Gasteiger partial charge on any atom is 0.146 e. The van der Waals surface area contributed by atoms with Gasteiger partial charge in [-0.2, -0.15) is 0 Å². The van der Waals surface area contributed by atoms with Crippen LogP contribution in [0.4, 0.5) is 0 Å². The largest absolute Gasteiger partial charge is 0.299 e. The maximum atomic E-state index is 11.1. The van der Waals surface area contributed by atoms with Crippen molar-refractivity contribution in [3.05, 3.63) is 30.1 Å². The van der Waals surface area contributed by atoms with Crippen molar-refractivity contribution in [2.75, 3.05) is 0 Å². The Morgan fingerprint density at radius 3 is 2.23 bits per heavy atom. The van der Waals surface area contributed by atoms with Gasteiger partial charge in [-0.05, 0) is 26.0 Å². The predicted octanol–water partition coefficient (Wildman–Crippen LogP) is 1.34. The fraction of sp³-hybridized carbons (Fsp3) is 0.300. The zero-order chi connectivity index (χ0) is 9.84. The Morgan fingerprint density at radius 1 is 1.23 bits per heavy atom. The fourth-order valence-electron chi connectivity index (χ4n) is 1.25. The highest BCUT2D eigenvalue weighted by Crippen LogP contribution is 2.14. The lowest BCUT2D eigenvalue weighted by molar-refractivity contribution is -0.126. The van der Waals surface area contributed by atoms with E-state index in [1.807, 2.05) is 0 Å². The molecule has 3 nitrogen and oxygen atoms in total. The van der Waals surface area contributed by atoms with E-state index in [2.05, 4.69) is 4.98 Å². The topological polar surface area (TPSA) is 47.0 Å². The molecule has 0 aliphatic carbocycles. The Balaban J connectivity index is 3.03. The van der Waals surface area contributed by atoms with Crippen LogP contribution in [0.5, 0.6) is 0 Å². The third-order valence-electron chi connectivity index (χ3n) is 1.80. The van der Waals surface area contributed by atoms with Gasteiger partial charge in [0.25, 0.3) is 0 Å². The van der Waals surface area contributed by atoms with Crippen molar-refractivity contribution < 1.29 is 9.59 Å². The van der Waals surface area contributed by atoms with Gasteiger partial charge in [-0.15, -0.1) is 0 Å². The Labute approximate surface area is 76.8 Å². The zero-order valence-electron chi connectivity index (χ0n) is 7.65. The number of carbonyl (C=O) groups is 2. The second-order valence-corrected chi connectivity index (χ2v) is 2.91. The molecule has 1 aromatic rings. The molecule has 13 heavy (non-hydrogen) atoms. The first-order valence-electron chi connectivity index (χ1n) is 4.04. The highest BCUT2D eigenvalue weighted by Gasteiger charge is 2.22. The van der Waals surface area contributed by atoms with E-state index in [4.69, 9.17) is 0 Å². The number of Topliss-reactive ketones (excluding diaryl/α,β-unsaturated/α-hetero) is 2. The number of rotatable bonds is 3. The van der Waals surface area contributed by atoms with Crippen molar-refractivity contribution in [2.45, 2.75) is 19.8 Å². The third-order valence-corrected chi connectivity index (χ3v) is 1.80. The van der Waals surface area contributed by atoms with Gasteiger partial charge in [-0.25, -0.2) is 0 Å². The molecule has 1 rings (SSSR count). The summed E-state index contributed by atoms with van der Waals surface area (Å²) in [6, 6.07) is 5.20. The zero-order valence-corrected chi connectivity index (χ0v) is 7.65. The van der Waals surface area contributed by atoms with Crippen molar-refractivity contribution in [3.8, 4) is 0 Å². The molecule has 0 bridgehead atoms.